The van der Waals surface area contributed by atoms with Gasteiger partial charge in [-0.05, 0) is 17.7 Å². The maximum Gasteiger partial charge on any atom is 0.251 e. The lowest BCUT2D eigenvalue weighted by Gasteiger charge is -2.08. The zero-order valence-corrected chi connectivity index (χ0v) is 12.8. The lowest BCUT2D eigenvalue weighted by atomic mass is 10.2. The first-order valence-corrected chi connectivity index (χ1v) is 7.47. The smallest absolute Gasteiger partial charge is 0.251 e. The van der Waals surface area contributed by atoms with Crippen LogP contribution in [0.25, 0.3) is 0 Å². The molecule has 0 bridgehead atoms. The first-order valence-electron chi connectivity index (χ1n) is 7.47. The lowest BCUT2D eigenvalue weighted by Crippen LogP contribution is -2.36. The van der Waals surface area contributed by atoms with Crippen LogP contribution < -0.4 is 10.6 Å². The van der Waals surface area contributed by atoms with Gasteiger partial charge in [0.1, 0.15) is 6.61 Å². The Morgan fingerprint density at radius 2 is 1.43 bits per heavy atom. The first-order chi connectivity index (χ1) is 11.3. The summed E-state index contributed by atoms with van der Waals surface area (Å²) >= 11 is 0. The molecule has 2 N–H and O–H groups in total. The predicted molar refractivity (Wildman–Crippen MR) is 87.9 cm³/mol. The third kappa shape index (κ3) is 6.32. The number of rotatable bonds is 8. The Morgan fingerprint density at radius 3 is 2.13 bits per heavy atom. The summed E-state index contributed by atoms with van der Waals surface area (Å²) in [7, 11) is 0. The van der Waals surface area contributed by atoms with Gasteiger partial charge in [-0.15, -0.1) is 0 Å². The van der Waals surface area contributed by atoms with Gasteiger partial charge in [0.2, 0.25) is 5.91 Å². The number of hydrogen-bond acceptors (Lipinski definition) is 3. The zero-order valence-electron chi connectivity index (χ0n) is 12.8. The molecule has 23 heavy (non-hydrogen) atoms. The van der Waals surface area contributed by atoms with Crippen LogP contribution in [0.1, 0.15) is 15.9 Å². The third-order valence-corrected chi connectivity index (χ3v) is 3.11. The van der Waals surface area contributed by atoms with Gasteiger partial charge in [-0.25, -0.2) is 0 Å². The summed E-state index contributed by atoms with van der Waals surface area (Å²) in [6.45, 7) is 1.14. The molecular weight excluding hydrogens is 292 g/mol. The van der Waals surface area contributed by atoms with E-state index in [0.29, 0.717) is 25.3 Å². The number of carbonyl (C=O) groups is 2. The second kappa shape index (κ2) is 9.38. The summed E-state index contributed by atoms with van der Waals surface area (Å²) in [5.41, 5.74) is 1.63. The quantitative estimate of drug-likeness (QED) is 0.730. The maximum absolute atomic E-state index is 11.8. The van der Waals surface area contributed by atoms with Gasteiger partial charge in [0.25, 0.3) is 5.91 Å². The van der Waals surface area contributed by atoms with Crippen LogP contribution in [0.2, 0.25) is 0 Å². The van der Waals surface area contributed by atoms with E-state index in [1.807, 2.05) is 36.4 Å². The van der Waals surface area contributed by atoms with Crippen LogP contribution in [0, 0.1) is 0 Å². The van der Waals surface area contributed by atoms with Gasteiger partial charge in [-0.2, -0.15) is 0 Å². The van der Waals surface area contributed by atoms with Gasteiger partial charge in [-0.1, -0.05) is 48.5 Å². The van der Waals surface area contributed by atoms with Crippen LogP contribution >= 0.6 is 0 Å². The van der Waals surface area contributed by atoms with Crippen LogP contribution in [0.15, 0.2) is 60.7 Å². The Labute approximate surface area is 135 Å². The molecule has 0 aromatic heterocycles. The summed E-state index contributed by atoms with van der Waals surface area (Å²) in [4.78, 5) is 23.4. The van der Waals surface area contributed by atoms with Gasteiger partial charge in [-0.3, -0.25) is 9.59 Å². The van der Waals surface area contributed by atoms with Crippen LogP contribution in [0.5, 0.6) is 0 Å². The van der Waals surface area contributed by atoms with Crippen LogP contribution in [0.4, 0.5) is 0 Å². The fourth-order valence-corrected chi connectivity index (χ4v) is 1.96. The molecule has 0 atom stereocenters. The highest BCUT2D eigenvalue weighted by Crippen LogP contribution is 2.00. The normalized spacial score (nSPS) is 10.1. The van der Waals surface area contributed by atoms with Crippen molar-refractivity contribution in [1.29, 1.82) is 0 Å². The number of ether oxygens (including phenoxy) is 1. The van der Waals surface area contributed by atoms with E-state index in [-0.39, 0.29) is 18.4 Å². The molecule has 5 nitrogen and oxygen atoms in total. The Bertz CT molecular complexity index is 615. The van der Waals surface area contributed by atoms with Crippen molar-refractivity contribution in [1.82, 2.24) is 10.6 Å². The van der Waals surface area contributed by atoms with E-state index in [2.05, 4.69) is 10.6 Å². The van der Waals surface area contributed by atoms with E-state index < -0.39 is 0 Å². The number of nitrogens with one attached hydrogen (secondary N) is 2. The minimum atomic E-state index is -0.199. The molecular formula is C18H20N2O3. The van der Waals surface area contributed by atoms with Crippen molar-refractivity contribution in [3.63, 3.8) is 0 Å². The molecule has 120 valence electrons. The highest BCUT2D eigenvalue weighted by atomic mass is 16.5. The molecule has 0 radical (unpaired) electrons. The number of carbonyl (C=O) groups excluding carboxylic acids is 2. The fourth-order valence-electron chi connectivity index (χ4n) is 1.96. The van der Waals surface area contributed by atoms with Crippen molar-refractivity contribution in [3.8, 4) is 0 Å². The Balaban J connectivity index is 1.55. The molecule has 2 amide bonds. The van der Waals surface area contributed by atoms with Crippen LogP contribution in [-0.2, 0) is 16.1 Å². The molecule has 0 aliphatic rings. The molecule has 2 aromatic carbocycles. The Morgan fingerprint density at radius 1 is 0.826 bits per heavy atom. The van der Waals surface area contributed by atoms with E-state index in [4.69, 9.17) is 4.74 Å². The topological polar surface area (TPSA) is 67.4 Å². The van der Waals surface area contributed by atoms with E-state index in [9.17, 15) is 9.59 Å². The van der Waals surface area contributed by atoms with Crippen molar-refractivity contribution in [2.75, 3.05) is 19.7 Å². The second-order valence-electron chi connectivity index (χ2n) is 4.95. The first kappa shape index (κ1) is 16.7. The molecule has 2 rings (SSSR count). The minimum Gasteiger partial charge on any atom is -0.367 e. The van der Waals surface area contributed by atoms with Gasteiger partial charge < -0.3 is 15.4 Å². The molecule has 0 saturated carbocycles. The monoisotopic (exact) mass is 312 g/mol. The molecule has 0 aliphatic heterocycles. The minimum absolute atomic E-state index is 0.00151. The Kier molecular flexibility index (Phi) is 6.81. The Hall–Kier alpha value is -2.66. The van der Waals surface area contributed by atoms with Crippen molar-refractivity contribution in [2.24, 2.45) is 0 Å². The van der Waals surface area contributed by atoms with Gasteiger partial charge >= 0.3 is 0 Å². The van der Waals surface area contributed by atoms with E-state index in [0.717, 1.165) is 5.56 Å². The molecule has 5 heteroatoms. The zero-order chi connectivity index (χ0) is 16.3. The van der Waals surface area contributed by atoms with Crippen molar-refractivity contribution in [3.05, 3.63) is 71.8 Å². The molecule has 0 unspecified atom stereocenters. The molecule has 2 aromatic rings. The lowest BCUT2D eigenvalue weighted by molar-refractivity contribution is -0.126. The summed E-state index contributed by atoms with van der Waals surface area (Å²) < 4.78 is 5.33. The van der Waals surface area contributed by atoms with Crippen molar-refractivity contribution >= 4 is 11.8 Å². The van der Waals surface area contributed by atoms with E-state index >= 15 is 0 Å². The summed E-state index contributed by atoms with van der Waals surface area (Å²) in [5, 5.41) is 5.44. The number of hydrogen-bond donors (Lipinski definition) is 2. The van der Waals surface area contributed by atoms with Gasteiger partial charge in [0.05, 0.1) is 6.61 Å². The number of amides is 2. The fraction of sp³-hybridized carbons (Fsp3) is 0.222. The molecule has 0 aliphatic carbocycles. The molecule has 0 heterocycles. The summed E-state index contributed by atoms with van der Waals surface area (Å²) in [5.74, 6) is -0.352. The largest absolute Gasteiger partial charge is 0.367 e. The summed E-state index contributed by atoms with van der Waals surface area (Å²) in [6, 6.07) is 18.6. The van der Waals surface area contributed by atoms with Crippen LogP contribution in [0.3, 0.4) is 0 Å². The average Bonchev–Trinajstić information content (AvgIpc) is 2.60. The average molecular weight is 312 g/mol. The van der Waals surface area contributed by atoms with E-state index in [1.165, 1.54) is 0 Å². The van der Waals surface area contributed by atoms with Crippen molar-refractivity contribution in [2.45, 2.75) is 6.61 Å². The summed E-state index contributed by atoms with van der Waals surface area (Å²) in [6.07, 6.45) is 0. The standard InChI is InChI=1S/C18H20N2O3/c21-17(14-23-13-15-7-3-1-4-8-15)19-11-12-20-18(22)16-9-5-2-6-10-16/h1-10H,11-14H2,(H,19,21)(H,20,22). The van der Waals surface area contributed by atoms with E-state index in [1.54, 1.807) is 24.3 Å². The molecule has 0 saturated heterocycles. The molecule has 0 fully saturated rings. The highest BCUT2D eigenvalue weighted by Gasteiger charge is 2.04. The molecule has 0 spiro atoms. The number of benzene rings is 2. The SMILES string of the molecule is O=C(COCc1ccccc1)NCCNC(=O)c1ccccc1. The van der Waals surface area contributed by atoms with Gasteiger partial charge in [0.15, 0.2) is 0 Å². The third-order valence-electron chi connectivity index (χ3n) is 3.11. The van der Waals surface area contributed by atoms with Gasteiger partial charge in [0, 0.05) is 18.7 Å². The van der Waals surface area contributed by atoms with Crippen molar-refractivity contribution < 1.29 is 14.3 Å². The second-order valence-corrected chi connectivity index (χ2v) is 4.95. The maximum atomic E-state index is 11.8. The van der Waals surface area contributed by atoms with Crippen LogP contribution in [-0.4, -0.2) is 31.5 Å². The highest BCUT2D eigenvalue weighted by molar-refractivity contribution is 5.94. The predicted octanol–water partition coefficient (Wildman–Crippen LogP) is 1.75.